The molecule has 19 heavy (non-hydrogen) atoms. The lowest BCUT2D eigenvalue weighted by molar-refractivity contribution is -0.165. The molecule has 0 N–H and O–H groups in total. The SMILES string of the molecule is CC1(C)O[C@@H](CCC=O)[C@@H](COC(=O)C(C)(C)C)O1. The van der Waals surface area contributed by atoms with E-state index >= 15 is 0 Å². The zero-order valence-corrected chi connectivity index (χ0v) is 12.4. The lowest BCUT2D eigenvalue weighted by atomic mass is 9.97. The van der Waals surface area contributed by atoms with Crippen LogP contribution in [0.15, 0.2) is 0 Å². The van der Waals surface area contributed by atoms with Crippen molar-refractivity contribution in [2.45, 2.75) is 65.5 Å². The van der Waals surface area contributed by atoms with Crippen molar-refractivity contribution in [2.24, 2.45) is 5.41 Å². The Morgan fingerprint density at radius 2 is 1.84 bits per heavy atom. The van der Waals surface area contributed by atoms with Crippen LogP contribution in [-0.4, -0.2) is 36.9 Å². The summed E-state index contributed by atoms with van der Waals surface area (Å²) in [5.41, 5.74) is -0.534. The van der Waals surface area contributed by atoms with Gasteiger partial charge in [-0.1, -0.05) is 0 Å². The lowest BCUT2D eigenvalue weighted by Crippen LogP contribution is -2.32. The van der Waals surface area contributed by atoms with Gasteiger partial charge in [0.15, 0.2) is 5.79 Å². The van der Waals surface area contributed by atoms with Crippen molar-refractivity contribution in [3.8, 4) is 0 Å². The van der Waals surface area contributed by atoms with Crippen LogP contribution in [0.4, 0.5) is 0 Å². The molecule has 0 aromatic carbocycles. The van der Waals surface area contributed by atoms with Crippen molar-refractivity contribution in [3.05, 3.63) is 0 Å². The van der Waals surface area contributed by atoms with E-state index in [2.05, 4.69) is 0 Å². The highest BCUT2D eigenvalue weighted by molar-refractivity contribution is 5.75. The molecular formula is C14H24O5. The van der Waals surface area contributed by atoms with Gasteiger partial charge in [-0.25, -0.2) is 0 Å². The summed E-state index contributed by atoms with van der Waals surface area (Å²) in [5.74, 6) is -0.971. The van der Waals surface area contributed by atoms with Gasteiger partial charge in [-0.15, -0.1) is 0 Å². The van der Waals surface area contributed by atoms with E-state index in [0.29, 0.717) is 12.8 Å². The van der Waals surface area contributed by atoms with E-state index < -0.39 is 11.2 Å². The summed E-state index contributed by atoms with van der Waals surface area (Å²) in [6.07, 6.45) is 1.31. The van der Waals surface area contributed by atoms with E-state index in [-0.39, 0.29) is 24.8 Å². The third-order valence-electron chi connectivity index (χ3n) is 2.85. The number of carbonyl (C=O) groups is 2. The van der Waals surface area contributed by atoms with Crippen LogP contribution in [0, 0.1) is 5.41 Å². The molecule has 0 radical (unpaired) electrons. The summed E-state index contributed by atoms with van der Waals surface area (Å²) in [6, 6.07) is 0. The molecule has 2 atom stereocenters. The molecule has 0 aromatic rings. The van der Waals surface area contributed by atoms with Crippen molar-refractivity contribution in [3.63, 3.8) is 0 Å². The molecule has 5 heteroatoms. The number of hydrogen-bond donors (Lipinski definition) is 0. The van der Waals surface area contributed by atoms with Gasteiger partial charge in [0.25, 0.3) is 0 Å². The minimum Gasteiger partial charge on any atom is -0.462 e. The first-order valence-electron chi connectivity index (χ1n) is 6.62. The van der Waals surface area contributed by atoms with Gasteiger partial charge < -0.3 is 19.0 Å². The number of rotatable bonds is 5. The van der Waals surface area contributed by atoms with Crippen molar-refractivity contribution in [1.82, 2.24) is 0 Å². The van der Waals surface area contributed by atoms with Crippen LogP contribution >= 0.6 is 0 Å². The largest absolute Gasteiger partial charge is 0.462 e. The molecule has 1 rings (SSSR count). The van der Waals surface area contributed by atoms with Gasteiger partial charge in [0, 0.05) is 6.42 Å². The van der Waals surface area contributed by atoms with Crippen molar-refractivity contribution in [1.29, 1.82) is 0 Å². The van der Waals surface area contributed by atoms with Crippen LogP contribution < -0.4 is 0 Å². The van der Waals surface area contributed by atoms with Gasteiger partial charge >= 0.3 is 5.97 Å². The highest BCUT2D eigenvalue weighted by Gasteiger charge is 2.41. The van der Waals surface area contributed by atoms with Crippen LogP contribution in [0.25, 0.3) is 0 Å². The Kier molecular flexibility index (Phi) is 5.10. The number of hydrogen-bond acceptors (Lipinski definition) is 5. The van der Waals surface area contributed by atoms with Gasteiger partial charge in [-0.3, -0.25) is 4.79 Å². The molecule has 1 heterocycles. The molecule has 0 aliphatic carbocycles. The highest BCUT2D eigenvalue weighted by Crippen LogP contribution is 2.31. The maximum Gasteiger partial charge on any atom is 0.311 e. The summed E-state index contributed by atoms with van der Waals surface area (Å²) < 4.78 is 16.7. The van der Waals surface area contributed by atoms with E-state index in [1.165, 1.54) is 0 Å². The number of esters is 1. The Balaban J connectivity index is 2.54. The summed E-state index contributed by atoms with van der Waals surface area (Å²) in [4.78, 5) is 22.2. The molecule has 5 nitrogen and oxygen atoms in total. The minimum absolute atomic E-state index is 0.156. The molecule has 1 saturated heterocycles. The van der Waals surface area contributed by atoms with Crippen LogP contribution in [0.2, 0.25) is 0 Å². The monoisotopic (exact) mass is 272 g/mol. The average Bonchev–Trinajstić information content (AvgIpc) is 2.56. The maximum atomic E-state index is 11.7. The highest BCUT2D eigenvalue weighted by atomic mass is 16.8. The molecule has 0 unspecified atom stereocenters. The fourth-order valence-corrected chi connectivity index (χ4v) is 1.90. The predicted molar refractivity (Wildman–Crippen MR) is 69.5 cm³/mol. The zero-order chi connectivity index (χ0) is 14.7. The Morgan fingerprint density at radius 3 is 2.37 bits per heavy atom. The van der Waals surface area contributed by atoms with E-state index in [0.717, 1.165) is 6.29 Å². The molecule has 0 aromatic heterocycles. The topological polar surface area (TPSA) is 61.8 Å². The number of aldehydes is 1. The second-order valence-corrected chi connectivity index (χ2v) is 6.30. The van der Waals surface area contributed by atoms with E-state index in [9.17, 15) is 9.59 Å². The standard InChI is InChI=1S/C14H24O5/c1-13(2,3)12(16)17-9-11-10(7-6-8-15)18-14(4,5)19-11/h8,10-11H,6-7,9H2,1-5H3/t10-,11+/m0/s1. The molecule has 1 aliphatic rings. The van der Waals surface area contributed by atoms with Crippen LogP contribution in [-0.2, 0) is 23.8 Å². The van der Waals surface area contributed by atoms with Crippen molar-refractivity contribution < 1.29 is 23.8 Å². The first-order valence-corrected chi connectivity index (χ1v) is 6.62. The van der Waals surface area contributed by atoms with Crippen LogP contribution in [0.1, 0.15) is 47.5 Å². The Labute approximate surface area is 114 Å². The Bertz CT molecular complexity index is 329. The summed E-state index contributed by atoms with van der Waals surface area (Å²) >= 11 is 0. The van der Waals surface area contributed by atoms with Crippen LogP contribution in [0.3, 0.4) is 0 Å². The summed E-state index contributed by atoms with van der Waals surface area (Å²) in [6.45, 7) is 9.18. The van der Waals surface area contributed by atoms with E-state index in [4.69, 9.17) is 14.2 Å². The molecular weight excluding hydrogens is 248 g/mol. The Hall–Kier alpha value is -0.940. The second-order valence-electron chi connectivity index (χ2n) is 6.30. The molecule has 0 amide bonds. The lowest BCUT2D eigenvalue weighted by Gasteiger charge is -2.20. The quantitative estimate of drug-likeness (QED) is 0.566. The van der Waals surface area contributed by atoms with E-state index in [1.54, 1.807) is 20.8 Å². The second kappa shape index (κ2) is 6.01. The molecule has 110 valence electrons. The van der Waals surface area contributed by atoms with Gasteiger partial charge in [0.2, 0.25) is 0 Å². The van der Waals surface area contributed by atoms with Gasteiger partial charge in [-0.05, 0) is 41.0 Å². The van der Waals surface area contributed by atoms with Crippen molar-refractivity contribution in [2.75, 3.05) is 6.61 Å². The van der Waals surface area contributed by atoms with Gasteiger partial charge in [0.1, 0.15) is 19.0 Å². The smallest absolute Gasteiger partial charge is 0.311 e. The fraction of sp³-hybridized carbons (Fsp3) is 0.857. The molecule has 1 fully saturated rings. The number of ether oxygens (including phenoxy) is 3. The third kappa shape index (κ3) is 4.91. The molecule has 0 bridgehead atoms. The minimum atomic E-state index is -0.702. The molecule has 0 spiro atoms. The number of carbonyl (C=O) groups excluding carboxylic acids is 2. The average molecular weight is 272 g/mol. The fourth-order valence-electron chi connectivity index (χ4n) is 1.90. The predicted octanol–water partition coefficient (Wildman–Crippen LogP) is 2.07. The molecule has 1 aliphatic heterocycles. The summed E-state index contributed by atoms with van der Waals surface area (Å²) in [7, 11) is 0. The maximum absolute atomic E-state index is 11.7. The Morgan fingerprint density at radius 1 is 1.26 bits per heavy atom. The summed E-state index contributed by atoms with van der Waals surface area (Å²) in [5, 5.41) is 0. The normalized spacial score (nSPS) is 26.2. The van der Waals surface area contributed by atoms with Gasteiger partial charge in [-0.2, -0.15) is 0 Å². The van der Waals surface area contributed by atoms with Gasteiger partial charge in [0.05, 0.1) is 11.5 Å². The van der Waals surface area contributed by atoms with E-state index in [1.807, 2.05) is 13.8 Å². The first kappa shape index (κ1) is 16.1. The van der Waals surface area contributed by atoms with Crippen LogP contribution in [0.5, 0.6) is 0 Å². The molecule has 0 saturated carbocycles. The zero-order valence-electron chi connectivity index (χ0n) is 12.4. The first-order chi connectivity index (χ1) is 8.65. The third-order valence-corrected chi connectivity index (χ3v) is 2.85. The van der Waals surface area contributed by atoms with Crippen molar-refractivity contribution >= 4 is 12.3 Å².